The van der Waals surface area contributed by atoms with Crippen LogP contribution in [0.5, 0.6) is 0 Å². The first-order valence-corrected chi connectivity index (χ1v) is 9.14. The lowest BCUT2D eigenvalue weighted by atomic mass is 9.96. The molecule has 0 bridgehead atoms. The standard InChI is InChI=1S/C22H23N3O3/c1-14-18(12-23)5-4-6-20(14)16-7-9-17(10-8-16)22(27)25-13-19(24-28-3)11-21(25)15(2)26/h4-10,15,21,26H,11,13H2,1-3H3/b24-19-/t15-,21-/m0/s1. The molecule has 28 heavy (non-hydrogen) atoms. The van der Waals surface area contributed by atoms with Crippen LogP contribution in [0.25, 0.3) is 11.1 Å². The van der Waals surface area contributed by atoms with Crippen LogP contribution in [0.1, 0.15) is 34.8 Å². The predicted octanol–water partition coefficient (Wildman–Crippen LogP) is 3.13. The molecule has 0 aliphatic carbocycles. The molecule has 0 spiro atoms. The van der Waals surface area contributed by atoms with E-state index in [1.807, 2.05) is 31.2 Å². The smallest absolute Gasteiger partial charge is 0.254 e. The van der Waals surface area contributed by atoms with Crippen molar-refractivity contribution in [3.8, 4) is 17.2 Å². The number of likely N-dealkylation sites (tertiary alicyclic amines) is 1. The van der Waals surface area contributed by atoms with E-state index in [1.165, 1.54) is 7.11 Å². The van der Waals surface area contributed by atoms with Gasteiger partial charge in [-0.15, -0.1) is 0 Å². The van der Waals surface area contributed by atoms with E-state index >= 15 is 0 Å². The van der Waals surface area contributed by atoms with Gasteiger partial charge in [-0.2, -0.15) is 5.26 Å². The number of aliphatic hydroxyl groups is 1. The van der Waals surface area contributed by atoms with E-state index in [1.54, 1.807) is 30.0 Å². The third-order valence-electron chi connectivity index (χ3n) is 5.13. The van der Waals surface area contributed by atoms with Gasteiger partial charge in [0.15, 0.2) is 0 Å². The van der Waals surface area contributed by atoms with Gasteiger partial charge in [0, 0.05) is 12.0 Å². The first-order valence-electron chi connectivity index (χ1n) is 9.14. The van der Waals surface area contributed by atoms with Crippen molar-refractivity contribution in [1.82, 2.24) is 4.90 Å². The average molecular weight is 377 g/mol. The average Bonchev–Trinajstić information content (AvgIpc) is 3.12. The number of hydrogen-bond donors (Lipinski definition) is 1. The minimum Gasteiger partial charge on any atom is -0.399 e. The summed E-state index contributed by atoms with van der Waals surface area (Å²) in [5.74, 6) is -0.152. The summed E-state index contributed by atoms with van der Waals surface area (Å²) in [5.41, 5.74) is 4.75. The Morgan fingerprint density at radius 3 is 2.64 bits per heavy atom. The van der Waals surface area contributed by atoms with E-state index in [0.717, 1.165) is 22.4 Å². The fourth-order valence-electron chi connectivity index (χ4n) is 3.61. The molecule has 6 nitrogen and oxygen atoms in total. The van der Waals surface area contributed by atoms with Crippen LogP contribution in [0.2, 0.25) is 0 Å². The van der Waals surface area contributed by atoms with Crippen LogP contribution in [-0.2, 0) is 4.84 Å². The van der Waals surface area contributed by atoms with E-state index < -0.39 is 6.10 Å². The van der Waals surface area contributed by atoms with Crippen LogP contribution in [0.4, 0.5) is 0 Å². The molecule has 0 saturated carbocycles. The Bertz CT molecular complexity index is 942. The van der Waals surface area contributed by atoms with E-state index in [2.05, 4.69) is 11.2 Å². The molecule has 144 valence electrons. The summed E-state index contributed by atoms with van der Waals surface area (Å²) >= 11 is 0. The van der Waals surface area contributed by atoms with Gasteiger partial charge < -0.3 is 14.8 Å². The zero-order valence-electron chi connectivity index (χ0n) is 16.2. The largest absolute Gasteiger partial charge is 0.399 e. The highest BCUT2D eigenvalue weighted by Crippen LogP contribution is 2.27. The van der Waals surface area contributed by atoms with Crippen molar-refractivity contribution in [1.29, 1.82) is 5.26 Å². The van der Waals surface area contributed by atoms with Crippen molar-refractivity contribution in [2.24, 2.45) is 5.16 Å². The molecule has 0 unspecified atom stereocenters. The van der Waals surface area contributed by atoms with E-state index in [-0.39, 0.29) is 11.9 Å². The molecule has 0 aromatic heterocycles. The summed E-state index contributed by atoms with van der Waals surface area (Å²) in [5, 5.41) is 23.2. The molecule has 0 radical (unpaired) electrons. The second-order valence-corrected chi connectivity index (χ2v) is 6.95. The molecule has 1 amide bonds. The number of carbonyl (C=O) groups excluding carboxylic acids is 1. The zero-order valence-corrected chi connectivity index (χ0v) is 16.2. The van der Waals surface area contributed by atoms with Gasteiger partial charge >= 0.3 is 0 Å². The molecule has 2 atom stereocenters. The summed E-state index contributed by atoms with van der Waals surface area (Å²) in [4.78, 5) is 19.5. The second-order valence-electron chi connectivity index (χ2n) is 6.95. The monoisotopic (exact) mass is 377 g/mol. The fraction of sp³-hybridized carbons (Fsp3) is 0.318. The Labute approximate surface area is 164 Å². The molecule has 1 aliphatic rings. The van der Waals surface area contributed by atoms with Crippen LogP contribution in [0, 0.1) is 18.3 Å². The van der Waals surface area contributed by atoms with Gasteiger partial charge in [0.05, 0.1) is 36.0 Å². The Morgan fingerprint density at radius 2 is 2.04 bits per heavy atom. The number of rotatable bonds is 4. The molecular formula is C22H23N3O3. The van der Waals surface area contributed by atoms with Crippen molar-refractivity contribution in [3.63, 3.8) is 0 Å². The maximum Gasteiger partial charge on any atom is 0.254 e. The van der Waals surface area contributed by atoms with Gasteiger partial charge in [0.2, 0.25) is 0 Å². The highest BCUT2D eigenvalue weighted by molar-refractivity contribution is 6.00. The van der Waals surface area contributed by atoms with Crippen molar-refractivity contribution in [3.05, 3.63) is 59.2 Å². The summed E-state index contributed by atoms with van der Waals surface area (Å²) < 4.78 is 0. The Morgan fingerprint density at radius 1 is 1.32 bits per heavy atom. The van der Waals surface area contributed by atoms with Crippen molar-refractivity contribution < 1.29 is 14.7 Å². The van der Waals surface area contributed by atoms with Crippen LogP contribution in [0.3, 0.4) is 0 Å². The number of nitriles is 1. The van der Waals surface area contributed by atoms with E-state index in [4.69, 9.17) is 4.84 Å². The van der Waals surface area contributed by atoms with Gasteiger partial charge in [-0.05, 0) is 48.7 Å². The third kappa shape index (κ3) is 3.75. The molecule has 3 rings (SSSR count). The molecule has 6 heteroatoms. The molecule has 1 heterocycles. The van der Waals surface area contributed by atoms with Gasteiger partial charge in [0.1, 0.15) is 7.11 Å². The summed E-state index contributed by atoms with van der Waals surface area (Å²) in [7, 11) is 1.47. The number of benzene rings is 2. The molecule has 1 fully saturated rings. The van der Waals surface area contributed by atoms with Crippen LogP contribution in [0.15, 0.2) is 47.6 Å². The number of nitrogens with zero attached hydrogens (tertiary/aromatic N) is 3. The van der Waals surface area contributed by atoms with E-state index in [9.17, 15) is 15.2 Å². The lowest BCUT2D eigenvalue weighted by molar-refractivity contribution is 0.0538. The Hall–Kier alpha value is -3.17. The third-order valence-corrected chi connectivity index (χ3v) is 5.13. The van der Waals surface area contributed by atoms with Crippen molar-refractivity contribution in [2.75, 3.05) is 13.7 Å². The number of amides is 1. The zero-order chi connectivity index (χ0) is 20.3. The van der Waals surface area contributed by atoms with Crippen LogP contribution >= 0.6 is 0 Å². The quantitative estimate of drug-likeness (QED) is 0.830. The molecule has 2 aromatic carbocycles. The van der Waals surface area contributed by atoms with Crippen LogP contribution < -0.4 is 0 Å². The molecule has 1 aliphatic heterocycles. The van der Waals surface area contributed by atoms with Crippen molar-refractivity contribution in [2.45, 2.75) is 32.4 Å². The fourth-order valence-corrected chi connectivity index (χ4v) is 3.61. The SMILES string of the molecule is CO/N=C1/C[C@@H]([C@H](C)O)N(C(=O)c2ccc(-c3cccc(C#N)c3C)cc2)C1. The molecule has 2 aromatic rings. The highest BCUT2D eigenvalue weighted by atomic mass is 16.6. The molecular weight excluding hydrogens is 354 g/mol. The van der Waals surface area contributed by atoms with Crippen molar-refractivity contribution >= 4 is 11.6 Å². The maximum atomic E-state index is 13.0. The number of hydrogen-bond acceptors (Lipinski definition) is 5. The second kappa shape index (κ2) is 8.24. The van der Waals surface area contributed by atoms with Gasteiger partial charge in [-0.25, -0.2) is 0 Å². The lowest BCUT2D eigenvalue weighted by Crippen LogP contribution is -2.41. The normalized spacial score (nSPS) is 18.8. The Balaban J connectivity index is 1.86. The number of carbonyl (C=O) groups is 1. The summed E-state index contributed by atoms with van der Waals surface area (Å²) in [6, 6.07) is 14.8. The number of oxime groups is 1. The molecule has 1 N–H and O–H groups in total. The minimum absolute atomic E-state index is 0.152. The summed E-state index contributed by atoms with van der Waals surface area (Å²) in [6.45, 7) is 3.93. The Kier molecular flexibility index (Phi) is 5.76. The first kappa shape index (κ1) is 19.6. The first-order chi connectivity index (χ1) is 13.5. The predicted molar refractivity (Wildman–Crippen MR) is 107 cm³/mol. The highest BCUT2D eigenvalue weighted by Gasteiger charge is 2.36. The van der Waals surface area contributed by atoms with Crippen LogP contribution in [-0.4, -0.2) is 47.4 Å². The summed E-state index contributed by atoms with van der Waals surface area (Å²) in [6.07, 6.45) is -0.167. The number of aliphatic hydroxyl groups excluding tert-OH is 1. The van der Waals surface area contributed by atoms with Gasteiger partial charge in [-0.1, -0.05) is 29.4 Å². The maximum absolute atomic E-state index is 13.0. The minimum atomic E-state index is -0.663. The topological polar surface area (TPSA) is 85.9 Å². The lowest BCUT2D eigenvalue weighted by Gasteiger charge is -2.26. The van der Waals surface area contributed by atoms with E-state index in [0.29, 0.717) is 24.1 Å². The van der Waals surface area contributed by atoms with Gasteiger partial charge in [0.25, 0.3) is 5.91 Å². The molecule has 1 saturated heterocycles. The van der Waals surface area contributed by atoms with Gasteiger partial charge in [-0.3, -0.25) is 4.79 Å².